The molecule has 3 unspecified atom stereocenters. The number of thiophene rings is 2. The van der Waals surface area contributed by atoms with Gasteiger partial charge < -0.3 is 19.7 Å². The number of aliphatic hydroxyl groups is 2. The lowest BCUT2D eigenvalue weighted by Crippen LogP contribution is -2.71. The monoisotopic (exact) mass is 556 g/mol. The Kier molecular flexibility index (Phi) is 6.61. The topological polar surface area (TPSA) is 93.1 Å². The largest absolute Gasteiger partial charge is 0.461 e. The van der Waals surface area contributed by atoms with Crippen LogP contribution in [0.4, 0.5) is 0 Å². The van der Waals surface area contributed by atoms with Gasteiger partial charge >= 0.3 is 11.9 Å². The van der Waals surface area contributed by atoms with Crippen molar-refractivity contribution >= 4 is 34.6 Å². The molecule has 6 nitrogen and oxygen atoms in total. The highest BCUT2D eigenvalue weighted by atomic mass is 32.1. The van der Waals surface area contributed by atoms with Crippen molar-refractivity contribution in [2.24, 2.45) is 34.0 Å². The molecule has 204 valence electrons. The van der Waals surface area contributed by atoms with Gasteiger partial charge in [-0.05, 0) is 84.7 Å². The third-order valence-electron chi connectivity index (χ3n) is 10.6. The van der Waals surface area contributed by atoms with Gasteiger partial charge in [-0.2, -0.15) is 0 Å². The van der Waals surface area contributed by atoms with E-state index in [0.717, 1.165) is 44.1 Å². The average Bonchev–Trinajstić information content (AvgIpc) is 3.65. The summed E-state index contributed by atoms with van der Waals surface area (Å²) in [6.45, 7) is 6.89. The zero-order valence-electron chi connectivity index (χ0n) is 21.8. The number of aliphatic hydroxyl groups excluding tert-OH is 2. The first kappa shape index (κ1) is 26.2. The molecule has 0 saturated heterocycles. The molecule has 0 radical (unpaired) electrons. The average molecular weight is 557 g/mol. The van der Waals surface area contributed by atoms with Crippen molar-refractivity contribution in [2.45, 2.75) is 64.1 Å². The van der Waals surface area contributed by atoms with Gasteiger partial charge in [0, 0.05) is 16.2 Å². The maximum Gasteiger partial charge on any atom is 0.348 e. The molecule has 1 spiro atoms. The van der Waals surface area contributed by atoms with Crippen molar-refractivity contribution in [2.75, 3.05) is 13.2 Å². The Morgan fingerprint density at radius 1 is 0.974 bits per heavy atom. The molecule has 5 aliphatic rings. The van der Waals surface area contributed by atoms with Crippen molar-refractivity contribution in [1.29, 1.82) is 0 Å². The first-order valence-electron chi connectivity index (χ1n) is 13.7. The Balaban J connectivity index is 1.35. The van der Waals surface area contributed by atoms with E-state index in [1.54, 1.807) is 12.1 Å². The third-order valence-corrected chi connectivity index (χ3v) is 12.3. The Morgan fingerprint density at radius 3 is 2.26 bits per heavy atom. The van der Waals surface area contributed by atoms with Crippen LogP contribution in [0, 0.1) is 34.0 Å². The fourth-order valence-corrected chi connectivity index (χ4v) is 10.1. The van der Waals surface area contributed by atoms with Crippen molar-refractivity contribution < 1.29 is 29.3 Å². The molecule has 0 amide bonds. The number of ether oxygens (including phenoxy) is 2. The third kappa shape index (κ3) is 3.86. The molecule has 38 heavy (non-hydrogen) atoms. The highest BCUT2D eigenvalue weighted by Crippen LogP contribution is 2.72. The molecular weight excluding hydrogens is 520 g/mol. The molecule has 0 aliphatic heterocycles. The standard InChI is InChI=1S/C30H36O6S2/c1-18-19-8-11-30(25(18)32)23(14-19)29(17-36-27(34)21-7-4-13-38-21)10-5-9-28(2,22(29)15-24(30)31)16-35-26(33)20-6-3-12-37-20/h3-4,6-7,12-13,19,22-25,31-32H,1,5,8-11,14-17H2,2H3/t19-,22?,23?,24+,25-,28-,29-,30?/m0/s1. The summed E-state index contributed by atoms with van der Waals surface area (Å²) in [4.78, 5) is 27.0. The molecule has 7 rings (SSSR count). The van der Waals surface area contributed by atoms with Gasteiger partial charge in [0.25, 0.3) is 0 Å². The van der Waals surface area contributed by atoms with Gasteiger partial charge in [0.2, 0.25) is 0 Å². The van der Waals surface area contributed by atoms with E-state index in [1.165, 1.54) is 22.7 Å². The van der Waals surface area contributed by atoms with Gasteiger partial charge in [0.1, 0.15) is 9.75 Å². The van der Waals surface area contributed by atoms with Gasteiger partial charge in [0.05, 0.1) is 25.4 Å². The second kappa shape index (κ2) is 9.58. The molecular formula is C30H36O6S2. The summed E-state index contributed by atoms with van der Waals surface area (Å²) >= 11 is 2.73. The molecule has 8 heteroatoms. The van der Waals surface area contributed by atoms with Crippen LogP contribution in [-0.4, -0.2) is 47.6 Å². The predicted octanol–water partition coefficient (Wildman–Crippen LogP) is 5.71. The zero-order valence-corrected chi connectivity index (χ0v) is 23.4. The summed E-state index contributed by atoms with van der Waals surface area (Å²) in [6.07, 6.45) is 4.17. The second-order valence-corrected chi connectivity index (χ2v) is 14.2. The number of carbonyl (C=O) groups excluding carboxylic acids is 2. The maximum absolute atomic E-state index is 13.0. The molecule has 2 heterocycles. The van der Waals surface area contributed by atoms with E-state index in [1.807, 2.05) is 22.9 Å². The predicted molar refractivity (Wildman–Crippen MR) is 146 cm³/mol. The van der Waals surface area contributed by atoms with Crippen molar-refractivity contribution in [3.63, 3.8) is 0 Å². The Bertz CT molecular complexity index is 1210. The van der Waals surface area contributed by atoms with Crippen LogP contribution in [-0.2, 0) is 9.47 Å². The highest BCUT2D eigenvalue weighted by Gasteiger charge is 2.71. The number of fused-ring (bicyclic) bond motifs is 3. The highest BCUT2D eigenvalue weighted by molar-refractivity contribution is 7.12. The Hall–Kier alpha value is -2.00. The minimum absolute atomic E-state index is 0.00763. The number of hydrogen-bond donors (Lipinski definition) is 2. The summed E-state index contributed by atoms with van der Waals surface area (Å²) < 4.78 is 12.0. The quantitative estimate of drug-likeness (QED) is 0.350. The number of rotatable bonds is 6. The lowest BCUT2D eigenvalue weighted by molar-refractivity contribution is -0.266. The van der Waals surface area contributed by atoms with E-state index >= 15 is 0 Å². The molecule has 5 saturated carbocycles. The molecule has 2 aromatic rings. The Morgan fingerprint density at radius 2 is 1.63 bits per heavy atom. The lowest BCUT2D eigenvalue weighted by Gasteiger charge is -2.70. The van der Waals surface area contributed by atoms with Crippen LogP contribution in [0.15, 0.2) is 47.2 Å². The molecule has 2 bridgehead atoms. The van der Waals surface area contributed by atoms with Crippen LogP contribution >= 0.6 is 22.7 Å². The van der Waals surface area contributed by atoms with Crippen LogP contribution in [0.25, 0.3) is 0 Å². The number of carbonyl (C=O) groups is 2. The molecule has 2 N–H and O–H groups in total. The Labute approximate surface area is 231 Å². The number of hydrogen-bond acceptors (Lipinski definition) is 8. The van der Waals surface area contributed by atoms with Crippen LogP contribution in [0.1, 0.15) is 71.2 Å². The fraction of sp³-hybridized carbons (Fsp3) is 0.600. The summed E-state index contributed by atoms with van der Waals surface area (Å²) in [5, 5.41) is 27.1. The molecule has 5 fully saturated rings. The van der Waals surface area contributed by atoms with Gasteiger partial charge in [-0.1, -0.05) is 32.1 Å². The van der Waals surface area contributed by atoms with Crippen molar-refractivity contribution in [3.05, 3.63) is 56.9 Å². The van der Waals surface area contributed by atoms with E-state index in [2.05, 4.69) is 13.5 Å². The van der Waals surface area contributed by atoms with E-state index in [9.17, 15) is 19.8 Å². The van der Waals surface area contributed by atoms with E-state index in [0.29, 0.717) is 16.2 Å². The minimum Gasteiger partial charge on any atom is -0.461 e. The van der Waals surface area contributed by atoms with Crippen LogP contribution in [0.2, 0.25) is 0 Å². The van der Waals surface area contributed by atoms with Crippen LogP contribution in [0.3, 0.4) is 0 Å². The van der Waals surface area contributed by atoms with Gasteiger partial charge in [0.15, 0.2) is 0 Å². The minimum atomic E-state index is -0.759. The van der Waals surface area contributed by atoms with Gasteiger partial charge in [-0.25, -0.2) is 9.59 Å². The lowest BCUT2D eigenvalue weighted by atomic mass is 9.35. The fourth-order valence-electron chi connectivity index (χ4n) is 8.85. The van der Waals surface area contributed by atoms with Crippen LogP contribution in [0.5, 0.6) is 0 Å². The summed E-state index contributed by atoms with van der Waals surface area (Å²) in [7, 11) is 0. The smallest absolute Gasteiger partial charge is 0.348 e. The van der Waals surface area contributed by atoms with Crippen molar-refractivity contribution in [3.8, 4) is 0 Å². The van der Waals surface area contributed by atoms with Gasteiger partial charge in [-0.3, -0.25) is 0 Å². The van der Waals surface area contributed by atoms with E-state index < -0.39 is 23.0 Å². The van der Waals surface area contributed by atoms with Crippen molar-refractivity contribution in [1.82, 2.24) is 0 Å². The zero-order chi connectivity index (χ0) is 26.7. The first-order valence-corrected chi connectivity index (χ1v) is 15.4. The summed E-state index contributed by atoms with van der Waals surface area (Å²) in [5.41, 5.74) is -0.639. The second-order valence-electron chi connectivity index (χ2n) is 12.3. The molecule has 5 aliphatic carbocycles. The molecule has 2 aromatic heterocycles. The van der Waals surface area contributed by atoms with Gasteiger partial charge in [-0.15, -0.1) is 22.7 Å². The first-order chi connectivity index (χ1) is 18.2. The van der Waals surface area contributed by atoms with Crippen LogP contribution < -0.4 is 0 Å². The summed E-state index contributed by atoms with van der Waals surface area (Å²) in [5.74, 6) is -0.473. The molecule has 0 aromatic carbocycles. The molecule has 8 atom stereocenters. The normalized spacial score (nSPS) is 39.8. The summed E-state index contributed by atoms with van der Waals surface area (Å²) in [6, 6.07) is 7.23. The maximum atomic E-state index is 13.0. The van der Waals surface area contributed by atoms with E-state index in [4.69, 9.17) is 9.47 Å². The number of esters is 2. The van der Waals surface area contributed by atoms with E-state index in [-0.39, 0.29) is 48.3 Å². The SMILES string of the molecule is C=C1[C@H]2CCC3(C(C2)[C@]2(COC(=O)c4cccs4)CCC[C@@](C)(COC(=O)c4cccs4)C2C[C@H]3O)[C@H]1O.